The zero-order chi connectivity index (χ0) is 13.3. The first-order valence-corrected chi connectivity index (χ1v) is 6.46. The molecular formula is C14H20N2O2. The van der Waals surface area contributed by atoms with Crippen molar-refractivity contribution in [1.29, 1.82) is 0 Å². The Morgan fingerprint density at radius 2 is 1.89 bits per heavy atom. The molecule has 0 saturated carbocycles. The van der Waals surface area contributed by atoms with Gasteiger partial charge in [0.25, 0.3) is 5.91 Å². The van der Waals surface area contributed by atoms with E-state index >= 15 is 0 Å². The number of hydrogen-bond donors (Lipinski definition) is 1. The molecule has 98 valence electrons. The standard InChI is InChI=1S/C14H20N2O2/c1-9-4-10(2)8-16(7-9)14(18)13-5-12(6-15-13)11(3)17/h5-6,9-10,15H,4,7-8H2,1-3H3. The first kappa shape index (κ1) is 12.9. The van der Waals surface area contributed by atoms with Crippen LogP contribution in [0.2, 0.25) is 0 Å². The third-order valence-electron chi connectivity index (χ3n) is 3.48. The molecule has 2 atom stereocenters. The van der Waals surface area contributed by atoms with Crippen molar-refractivity contribution in [2.75, 3.05) is 13.1 Å². The molecular weight excluding hydrogens is 228 g/mol. The first-order chi connectivity index (χ1) is 8.47. The van der Waals surface area contributed by atoms with Gasteiger partial charge in [-0.25, -0.2) is 0 Å². The van der Waals surface area contributed by atoms with Gasteiger partial charge in [0.05, 0.1) is 0 Å². The van der Waals surface area contributed by atoms with E-state index in [0.29, 0.717) is 23.1 Å². The summed E-state index contributed by atoms with van der Waals surface area (Å²) in [6, 6.07) is 1.65. The minimum Gasteiger partial charge on any atom is -0.356 e. The monoisotopic (exact) mass is 248 g/mol. The van der Waals surface area contributed by atoms with E-state index in [2.05, 4.69) is 18.8 Å². The van der Waals surface area contributed by atoms with Crippen molar-refractivity contribution in [3.8, 4) is 0 Å². The number of aromatic nitrogens is 1. The Bertz CT molecular complexity index is 454. The molecule has 2 heterocycles. The Hall–Kier alpha value is -1.58. The lowest BCUT2D eigenvalue weighted by Gasteiger charge is -2.34. The van der Waals surface area contributed by atoms with E-state index in [1.54, 1.807) is 12.3 Å². The van der Waals surface area contributed by atoms with Crippen molar-refractivity contribution in [1.82, 2.24) is 9.88 Å². The van der Waals surface area contributed by atoms with Crippen molar-refractivity contribution in [2.45, 2.75) is 27.2 Å². The number of H-pyrrole nitrogens is 1. The van der Waals surface area contributed by atoms with Gasteiger partial charge in [-0.2, -0.15) is 0 Å². The number of hydrogen-bond acceptors (Lipinski definition) is 2. The maximum Gasteiger partial charge on any atom is 0.270 e. The number of carbonyl (C=O) groups excluding carboxylic acids is 2. The molecule has 4 nitrogen and oxygen atoms in total. The van der Waals surface area contributed by atoms with Crippen LogP contribution in [0.5, 0.6) is 0 Å². The van der Waals surface area contributed by atoms with Gasteiger partial charge in [-0.1, -0.05) is 13.8 Å². The summed E-state index contributed by atoms with van der Waals surface area (Å²) in [5, 5.41) is 0. The van der Waals surface area contributed by atoms with E-state index in [0.717, 1.165) is 13.1 Å². The zero-order valence-corrected chi connectivity index (χ0v) is 11.2. The SMILES string of the molecule is CC(=O)c1c[nH]c(C(=O)N2CC(C)CC(C)C2)c1. The number of aromatic amines is 1. The molecule has 0 radical (unpaired) electrons. The van der Waals surface area contributed by atoms with Gasteiger partial charge >= 0.3 is 0 Å². The molecule has 0 aliphatic carbocycles. The predicted octanol–water partition coefficient (Wildman–Crippen LogP) is 2.34. The van der Waals surface area contributed by atoms with Gasteiger partial charge < -0.3 is 9.88 Å². The van der Waals surface area contributed by atoms with Crippen LogP contribution in [0.1, 0.15) is 48.0 Å². The summed E-state index contributed by atoms with van der Waals surface area (Å²) in [6.07, 6.45) is 2.78. The lowest BCUT2D eigenvalue weighted by atomic mass is 9.92. The smallest absolute Gasteiger partial charge is 0.270 e. The Morgan fingerprint density at radius 1 is 1.28 bits per heavy atom. The van der Waals surface area contributed by atoms with Crippen LogP contribution in [0.3, 0.4) is 0 Å². The summed E-state index contributed by atoms with van der Waals surface area (Å²) in [5.74, 6) is 1.06. The average molecular weight is 248 g/mol. The van der Waals surface area contributed by atoms with Gasteiger partial charge in [-0.05, 0) is 31.2 Å². The summed E-state index contributed by atoms with van der Waals surface area (Å²) in [7, 11) is 0. The van der Waals surface area contributed by atoms with Crippen molar-refractivity contribution in [3.05, 3.63) is 23.5 Å². The summed E-state index contributed by atoms with van der Waals surface area (Å²) < 4.78 is 0. The lowest BCUT2D eigenvalue weighted by molar-refractivity contribution is 0.0618. The van der Waals surface area contributed by atoms with Crippen LogP contribution in [0.15, 0.2) is 12.3 Å². The van der Waals surface area contributed by atoms with Crippen LogP contribution < -0.4 is 0 Å². The lowest BCUT2D eigenvalue weighted by Crippen LogP contribution is -2.42. The Labute approximate surface area is 107 Å². The highest BCUT2D eigenvalue weighted by molar-refractivity contribution is 5.99. The van der Waals surface area contributed by atoms with Crippen molar-refractivity contribution >= 4 is 11.7 Å². The molecule has 2 unspecified atom stereocenters. The molecule has 1 N–H and O–H groups in total. The summed E-state index contributed by atoms with van der Waals surface area (Å²) in [5.41, 5.74) is 1.08. The first-order valence-electron chi connectivity index (χ1n) is 6.46. The van der Waals surface area contributed by atoms with Gasteiger partial charge in [0.15, 0.2) is 5.78 Å². The fourth-order valence-corrected chi connectivity index (χ4v) is 2.72. The summed E-state index contributed by atoms with van der Waals surface area (Å²) >= 11 is 0. The van der Waals surface area contributed by atoms with Crippen LogP contribution in [-0.4, -0.2) is 34.7 Å². The van der Waals surface area contributed by atoms with Gasteiger partial charge in [0.2, 0.25) is 0 Å². The Balaban J connectivity index is 2.12. The molecule has 1 fully saturated rings. The number of Topliss-reactive ketones (excluding diaryl/α,β-unsaturated/α-hetero) is 1. The third-order valence-corrected chi connectivity index (χ3v) is 3.48. The quantitative estimate of drug-likeness (QED) is 0.817. The Morgan fingerprint density at radius 3 is 2.39 bits per heavy atom. The largest absolute Gasteiger partial charge is 0.356 e. The molecule has 0 aromatic carbocycles. The fraction of sp³-hybridized carbons (Fsp3) is 0.571. The van der Waals surface area contributed by atoms with Crippen LogP contribution in [0.25, 0.3) is 0 Å². The molecule has 1 aromatic rings. The van der Waals surface area contributed by atoms with Gasteiger partial charge in [-0.15, -0.1) is 0 Å². The molecule has 1 amide bonds. The fourth-order valence-electron chi connectivity index (χ4n) is 2.72. The van der Waals surface area contributed by atoms with E-state index in [1.165, 1.54) is 13.3 Å². The number of nitrogens with one attached hydrogen (secondary N) is 1. The predicted molar refractivity (Wildman–Crippen MR) is 69.6 cm³/mol. The second kappa shape index (κ2) is 4.96. The van der Waals surface area contributed by atoms with Crippen LogP contribution >= 0.6 is 0 Å². The zero-order valence-electron chi connectivity index (χ0n) is 11.2. The Kier molecular flexibility index (Phi) is 3.55. The molecule has 0 spiro atoms. The molecule has 4 heteroatoms. The van der Waals surface area contributed by atoms with E-state index < -0.39 is 0 Å². The molecule has 2 rings (SSSR count). The second-order valence-corrected chi connectivity index (χ2v) is 5.51. The van der Waals surface area contributed by atoms with Crippen molar-refractivity contribution in [3.63, 3.8) is 0 Å². The van der Waals surface area contributed by atoms with Gasteiger partial charge in [-0.3, -0.25) is 9.59 Å². The topological polar surface area (TPSA) is 53.2 Å². The number of piperidine rings is 1. The molecule has 1 aliphatic rings. The highest BCUT2D eigenvalue weighted by atomic mass is 16.2. The highest BCUT2D eigenvalue weighted by Gasteiger charge is 2.26. The average Bonchev–Trinajstić information content (AvgIpc) is 2.75. The highest BCUT2D eigenvalue weighted by Crippen LogP contribution is 2.22. The molecule has 1 aliphatic heterocycles. The minimum absolute atomic E-state index is 0.000833. The number of amides is 1. The van der Waals surface area contributed by atoms with Crippen molar-refractivity contribution < 1.29 is 9.59 Å². The molecule has 1 saturated heterocycles. The van der Waals surface area contributed by atoms with E-state index in [9.17, 15) is 9.59 Å². The van der Waals surface area contributed by atoms with Crippen LogP contribution in [0, 0.1) is 11.8 Å². The third kappa shape index (κ3) is 2.63. The number of nitrogens with zero attached hydrogens (tertiary/aromatic N) is 1. The van der Waals surface area contributed by atoms with E-state index in [1.807, 2.05) is 4.90 Å². The van der Waals surface area contributed by atoms with E-state index in [4.69, 9.17) is 0 Å². The number of likely N-dealkylation sites (tertiary alicyclic amines) is 1. The van der Waals surface area contributed by atoms with Gasteiger partial charge in [0, 0.05) is 24.8 Å². The second-order valence-electron chi connectivity index (χ2n) is 5.51. The molecule has 0 bridgehead atoms. The molecule has 18 heavy (non-hydrogen) atoms. The summed E-state index contributed by atoms with van der Waals surface area (Å²) in [6.45, 7) is 7.45. The maximum absolute atomic E-state index is 12.3. The summed E-state index contributed by atoms with van der Waals surface area (Å²) in [4.78, 5) is 28.3. The number of carbonyl (C=O) groups is 2. The van der Waals surface area contributed by atoms with Crippen LogP contribution in [-0.2, 0) is 0 Å². The minimum atomic E-state index is -0.0225. The van der Waals surface area contributed by atoms with Crippen molar-refractivity contribution in [2.24, 2.45) is 11.8 Å². The normalized spacial score (nSPS) is 24.1. The number of rotatable bonds is 2. The van der Waals surface area contributed by atoms with E-state index in [-0.39, 0.29) is 11.7 Å². The molecule has 1 aromatic heterocycles. The number of ketones is 1. The van der Waals surface area contributed by atoms with Crippen LogP contribution in [0.4, 0.5) is 0 Å². The van der Waals surface area contributed by atoms with Gasteiger partial charge in [0.1, 0.15) is 5.69 Å². The maximum atomic E-state index is 12.3.